The Morgan fingerprint density at radius 2 is 1.96 bits per heavy atom. The predicted molar refractivity (Wildman–Crippen MR) is 99.3 cm³/mol. The number of carbonyl (C=O) groups excluding carboxylic acids is 3. The lowest BCUT2D eigenvalue weighted by molar-refractivity contribution is -0.129. The highest BCUT2D eigenvalue weighted by molar-refractivity contribution is 5.98. The molecule has 26 heavy (non-hydrogen) atoms. The van der Waals surface area contributed by atoms with Crippen molar-refractivity contribution in [1.29, 1.82) is 0 Å². The van der Waals surface area contributed by atoms with Crippen LogP contribution in [0.15, 0.2) is 30.3 Å². The van der Waals surface area contributed by atoms with Gasteiger partial charge in [0.2, 0.25) is 11.8 Å². The van der Waals surface area contributed by atoms with Gasteiger partial charge in [-0.05, 0) is 38.3 Å². The summed E-state index contributed by atoms with van der Waals surface area (Å²) in [4.78, 5) is 36.1. The van der Waals surface area contributed by atoms with Crippen LogP contribution in [-0.2, 0) is 20.8 Å². The Morgan fingerprint density at radius 1 is 1.27 bits per heavy atom. The summed E-state index contributed by atoms with van der Waals surface area (Å²) >= 11 is 0. The molecule has 1 aliphatic rings. The van der Waals surface area contributed by atoms with Gasteiger partial charge >= 0.3 is 0 Å². The van der Waals surface area contributed by atoms with Crippen molar-refractivity contribution in [3.63, 3.8) is 0 Å². The number of amides is 2. The minimum absolute atomic E-state index is 0.0156. The first kappa shape index (κ1) is 20.1. The molecule has 0 radical (unpaired) electrons. The zero-order valence-corrected chi connectivity index (χ0v) is 15.4. The first-order valence-electron chi connectivity index (χ1n) is 8.91. The summed E-state index contributed by atoms with van der Waals surface area (Å²) in [5.74, 6) is -0.628. The van der Waals surface area contributed by atoms with E-state index in [9.17, 15) is 14.4 Å². The summed E-state index contributed by atoms with van der Waals surface area (Å²) in [7, 11) is 0. The second kappa shape index (κ2) is 8.91. The van der Waals surface area contributed by atoms with Crippen molar-refractivity contribution < 1.29 is 14.4 Å². The highest BCUT2D eigenvalue weighted by Gasteiger charge is 2.40. The van der Waals surface area contributed by atoms with Gasteiger partial charge in [-0.15, -0.1) is 0 Å². The average molecular weight is 360 g/mol. The third-order valence-electron chi connectivity index (χ3n) is 4.64. The van der Waals surface area contributed by atoms with E-state index < -0.39 is 11.6 Å². The highest BCUT2D eigenvalue weighted by Crippen LogP contribution is 2.14. The molecule has 0 aromatic heterocycles. The van der Waals surface area contributed by atoms with Crippen LogP contribution >= 0.6 is 0 Å². The number of Topliss-reactive ketones (excluding diaryl/α,β-unsaturated/α-hetero) is 1. The molecule has 1 aromatic carbocycles. The molecule has 2 unspecified atom stereocenters. The molecule has 2 amide bonds. The first-order valence-corrected chi connectivity index (χ1v) is 8.91. The van der Waals surface area contributed by atoms with Crippen molar-refractivity contribution in [2.45, 2.75) is 38.3 Å². The minimum atomic E-state index is -0.632. The largest absolute Gasteiger partial charge is 0.347 e. The molecule has 0 saturated carbocycles. The maximum Gasteiger partial charge on any atom is 0.240 e. The Morgan fingerprint density at radius 3 is 2.54 bits per heavy atom. The Bertz CT molecular complexity index is 645. The number of rotatable bonds is 8. The predicted octanol–water partition coefficient (Wildman–Crippen LogP) is -0.254. The van der Waals surface area contributed by atoms with Gasteiger partial charge in [-0.3, -0.25) is 14.4 Å². The summed E-state index contributed by atoms with van der Waals surface area (Å²) in [5.41, 5.74) is 6.27. The Balaban J connectivity index is 1.73. The van der Waals surface area contributed by atoms with E-state index in [0.29, 0.717) is 19.5 Å². The van der Waals surface area contributed by atoms with E-state index >= 15 is 0 Å². The van der Waals surface area contributed by atoms with Crippen molar-refractivity contribution in [3.8, 4) is 0 Å². The van der Waals surface area contributed by atoms with Crippen LogP contribution < -0.4 is 21.7 Å². The molecule has 142 valence electrons. The highest BCUT2D eigenvalue weighted by atomic mass is 16.2. The zero-order valence-electron chi connectivity index (χ0n) is 15.4. The van der Waals surface area contributed by atoms with Crippen LogP contribution in [0.25, 0.3) is 0 Å². The number of ketones is 1. The fourth-order valence-electron chi connectivity index (χ4n) is 3.03. The molecule has 1 aliphatic heterocycles. The van der Waals surface area contributed by atoms with Gasteiger partial charge in [-0.25, -0.2) is 0 Å². The minimum Gasteiger partial charge on any atom is -0.347 e. The molecule has 0 bridgehead atoms. The van der Waals surface area contributed by atoms with E-state index in [1.807, 2.05) is 30.3 Å². The molecule has 0 spiro atoms. The SMILES string of the molecule is CC1(C)NCC(NC(=O)CNC(=O)CC(CN)Cc2ccccc2)C1=O. The third kappa shape index (κ3) is 5.64. The maximum absolute atomic E-state index is 12.1. The molecule has 7 heteroatoms. The van der Waals surface area contributed by atoms with Gasteiger partial charge in [0.05, 0.1) is 12.1 Å². The smallest absolute Gasteiger partial charge is 0.240 e. The van der Waals surface area contributed by atoms with Crippen LogP contribution in [-0.4, -0.2) is 48.8 Å². The van der Waals surface area contributed by atoms with E-state index in [4.69, 9.17) is 5.73 Å². The topological polar surface area (TPSA) is 113 Å². The van der Waals surface area contributed by atoms with Crippen molar-refractivity contribution in [2.24, 2.45) is 11.7 Å². The van der Waals surface area contributed by atoms with E-state index in [-0.39, 0.29) is 36.5 Å². The molecular formula is C19H28N4O3. The van der Waals surface area contributed by atoms with Crippen LogP contribution in [0.3, 0.4) is 0 Å². The van der Waals surface area contributed by atoms with Gasteiger partial charge in [-0.2, -0.15) is 0 Å². The number of hydrogen-bond donors (Lipinski definition) is 4. The molecule has 1 fully saturated rings. The molecule has 2 atom stereocenters. The van der Waals surface area contributed by atoms with Crippen LogP contribution in [0.5, 0.6) is 0 Å². The van der Waals surface area contributed by atoms with E-state index in [0.717, 1.165) is 5.56 Å². The Kier molecular flexibility index (Phi) is 6.88. The van der Waals surface area contributed by atoms with E-state index in [1.54, 1.807) is 13.8 Å². The average Bonchev–Trinajstić information content (AvgIpc) is 2.87. The zero-order chi connectivity index (χ0) is 19.2. The van der Waals surface area contributed by atoms with Crippen LogP contribution in [0.1, 0.15) is 25.8 Å². The standard InChI is InChI=1S/C19H28N4O3/c1-19(2)18(26)15(11-22-19)23-17(25)12-21-16(24)9-14(10-20)8-13-6-4-3-5-7-13/h3-7,14-15,22H,8-12,20H2,1-2H3,(H,21,24)(H,23,25). The van der Waals surface area contributed by atoms with Crippen molar-refractivity contribution in [2.75, 3.05) is 19.6 Å². The van der Waals surface area contributed by atoms with Gasteiger partial charge in [0.15, 0.2) is 5.78 Å². The molecule has 1 saturated heterocycles. The second-order valence-corrected chi connectivity index (χ2v) is 7.26. The molecule has 2 rings (SSSR count). The second-order valence-electron chi connectivity index (χ2n) is 7.26. The third-order valence-corrected chi connectivity index (χ3v) is 4.64. The van der Waals surface area contributed by atoms with Crippen LogP contribution in [0.2, 0.25) is 0 Å². The van der Waals surface area contributed by atoms with Crippen molar-refractivity contribution >= 4 is 17.6 Å². The lowest BCUT2D eigenvalue weighted by Gasteiger charge is -2.17. The maximum atomic E-state index is 12.1. The quantitative estimate of drug-likeness (QED) is 0.510. The first-order chi connectivity index (χ1) is 12.3. The van der Waals surface area contributed by atoms with Gasteiger partial charge < -0.3 is 21.7 Å². The van der Waals surface area contributed by atoms with Crippen LogP contribution in [0.4, 0.5) is 0 Å². The lowest BCUT2D eigenvalue weighted by atomic mass is 9.96. The van der Waals surface area contributed by atoms with Crippen molar-refractivity contribution in [1.82, 2.24) is 16.0 Å². The summed E-state index contributed by atoms with van der Waals surface area (Å²) in [6.45, 7) is 4.21. The van der Waals surface area contributed by atoms with Gasteiger partial charge in [-0.1, -0.05) is 30.3 Å². The van der Waals surface area contributed by atoms with Gasteiger partial charge in [0, 0.05) is 13.0 Å². The van der Waals surface area contributed by atoms with Gasteiger partial charge in [0.1, 0.15) is 6.04 Å². The number of benzene rings is 1. The summed E-state index contributed by atoms with van der Waals surface area (Å²) < 4.78 is 0. The monoisotopic (exact) mass is 360 g/mol. The Labute approximate surface area is 154 Å². The summed E-state index contributed by atoms with van der Waals surface area (Å²) in [5, 5.41) is 8.32. The number of nitrogens with two attached hydrogens (primary N) is 1. The molecule has 5 N–H and O–H groups in total. The van der Waals surface area contributed by atoms with E-state index in [2.05, 4.69) is 16.0 Å². The fraction of sp³-hybridized carbons (Fsp3) is 0.526. The molecular weight excluding hydrogens is 332 g/mol. The molecule has 1 heterocycles. The molecule has 0 aliphatic carbocycles. The number of nitrogens with one attached hydrogen (secondary N) is 3. The summed E-state index contributed by atoms with van der Waals surface area (Å²) in [6.07, 6.45) is 0.976. The van der Waals surface area contributed by atoms with Crippen LogP contribution in [0, 0.1) is 5.92 Å². The normalized spacial score (nSPS) is 19.8. The summed E-state index contributed by atoms with van der Waals surface area (Å²) in [6, 6.07) is 9.30. The number of hydrogen-bond acceptors (Lipinski definition) is 5. The van der Waals surface area contributed by atoms with Gasteiger partial charge in [0.25, 0.3) is 0 Å². The molecule has 1 aromatic rings. The van der Waals surface area contributed by atoms with E-state index in [1.165, 1.54) is 0 Å². The number of carbonyl (C=O) groups is 3. The van der Waals surface area contributed by atoms with Crippen molar-refractivity contribution in [3.05, 3.63) is 35.9 Å². The lowest BCUT2D eigenvalue weighted by Crippen LogP contribution is -2.47. The fourth-order valence-corrected chi connectivity index (χ4v) is 3.03. The Hall–Kier alpha value is -2.25. The molecule has 7 nitrogen and oxygen atoms in total.